The molecule has 2 unspecified atom stereocenters. The number of fused-ring (bicyclic) bond motifs is 6. The number of pyridine rings is 1. The summed E-state index contributed by atoms with van der Waals surface area (Å²) in [5.41, 5.74) is 9.70. The number of benzene rings is 2. The maximum absolute atomic E-state index is 14.5. The van der Waals surface area contributed by atoms with Crippen LogP contribution in [0.2, 0.25) is 0 Å². The van der Waals surface area contributed by atoms with Crippen molar-refractivity contribution in [3.8, 4) is 28.1 Å². The topological polar surface area (TPSA) is 165 Å². The number of phenols is 1. The molecule has 14 nitrogen and oxygen atoms in total. The number of rotatable bonds is 10. The molecular weight excluding hydrogens is 777 g/mol. The van der Waals surface area contributed by atoms with Gasteiger partial charge in [0.05, 0.1) is 30.7 Å². The van der Waals surface area contributed by atoms with E-state index in [1.807, 2.05) is 32.0 Å². The zero-order valence-corrected chi connectivity index (χ0v) is 36.0. The van der Waals surface area contributed by atoms with Crippen LogP contribution in [0, 0.1) is 11.3 Å². The van der Waals surface area contributed by atoms with Crippen molar-refractivity contribution < 1.29 is 38.5 Å². The summed E-state index contributed by atoms with van der Waals surface area (Å²) in [4.78, 5) is 60.8. The van der Waals surface area contributed by atoms with E-state index in [1.54, 1.807) is 30.3 Å². The fraction of sp³-hybridized carbons (Fsp3) is 0.468. The number of methoxy groups -OCH3 is 1. The number of ether oxygens (including phenoxy) is 3. The van der Waals surface area contributed by atoms with Crippen molar-refractivity contribution in [1.29, 1.82) is 0 Å². The lowest BCUT2D eigenvalue weighted by Gasteiger charge is -2.40. The molecule has 61 heavy (non-hydrogen) atoms. The Hall–Kier alpha value is -5.57. The SMILES string of the molecule is C=CC(=O)N1CC(OC(C(=O)NC2Cc3cc(O)cc(c3)-c3ccc4c(c3)c(c(-c3cccnc3COC)n4CC)CC(C)(C)COC(=O)[C@@H]3CCCN(N3)C2=O)C(C)C)C1. The highest BCUT2D eigenvalue weighted by Crippen LogP contribution is 2.41. The molecule has 2 aromatic carbocycles. The second-order valence-electron chi connectivity index (χ2n) is 17.5. The maximum atomic E-state index is 14.5. The summed E-state index contributed by atoms with van der Waals surface area (Å²) >= 11 is 0. The number of phenolic OH excluding ortho intramolecular Hbond substituents is 1. The number of carbonyl (C=O) groups excluding carboxylic acids is 4. The van der Waals surface area contributed by atoms with Gasteiger partial charge in [-0.3, -0.25) is 29.2 Å². The smallest absolute Gasteiger partial charge is 0.324 e. The Kier molecular flexibility index (Phi) is 13.0. The minimum absolute atomic E-state index is 0.0122. The molecule has 4 aromatic rings. The van der Waals surface area contributed by atoms with Crippen molar-refractivity contribution in [2.24, 2.45) is 11.3 Å². The Morgan fingerprint density at radius 3 is 2.64 bits per heavy atom. The summed E-state index contributed by atoms with van der Waals surface area (Å²) in [6.07, 6.45) is 3.35. The van der Waals surface area contributed by atoms with Crippen molar-refractivity contribution in [3.05, 3.63) is 84.2 Å². The molecule has 6 bridgehead atoms. The largest absolute Gasteiger partial charge is 0.508 e. The van der Waals surface area contributed by atoms with Crippen molar-refractivity contribution in [1.82, 2.24) is 30.2 Å². The lowest BCUT2D eigenvalue weighted by molar-refractivity contribution is -0.160. The lowest BCUT2D eigenvalue weighted by atomic mass is 9.84. The standard InChI is InChI=1S/C47H58N6O8/c1-8-41(55)51-24-33(25-51)61-43(28(3)4)44(56)49-38-20-29-18-31(21-32(54)19-29)30-14-15-40-35(22-30)36(42(52(40)9-2)34-12-10-16-48-39(34)26-59-7)23-47(5,6)27-60-46(58)37-13-11-17-53(50-37)45(38)57/h8,10,12,14-16,18-19,21-22,28,33,37-38,43,50,54H,1,9,11,13,17,20,23-27H2,2-7H3,(H,49,56)/t37-,38?,43?/m0/s1. The Morgan fingerprint density at radius 2 is 1.92 bits per heavy atom. The summed E-state index contributed by atoms with van der Waals surface area (Å²) in [7, 11) is 1.66. The molecular formula is C47H58N6O8. The molecule has 2 aromatic heterocycles. The number of aryl methyl sites for hydroxylation is 1. The van der Waals surface area contributed by atoms with Crippen molar-refractivity contribution in [3.63, 3.8) is 0 Å². The van der Waals surface area contributed by atoms with Gasteiger partial charge in [-0.05, 0) is 96.8 Å². The van der Waals surface area contributed by atoms with Crippen LogP contribution in [0.25, 0.3) is 33.3 Å². The van der Waals surface area contributed by atoms with E-state index >= 15 is 0 Å². The third-order valence-corrected chi connectivity index (χ3v) is 11.8. The number of hydrazine groups is 1. The summed E-state index contributed by atoms with van der Waals surface area (Å²) < 4.78 is 20.2. The number of esters is 1. The number of likely N-dealkylation sites (tertiary alicyclic amines) is 1. The third-order valence-electron chi connectivity index (χ3n) is 11.8. The van der Waals surface area contributed by atoms with Crippen LogP contribution in [-0.4, -0.2) is 106 Å². The number of amides is 3. The zero-order chi connectivity index (χ0) is 43.6. The number of hydrogen-bond donors (Lipinski definition) is 3. The van der Waals surface area contributed by atoms with E-state index < -0.39 is 41.4 Å². The monoisotopic (exact) mass is 834 g/mol. The fourth-order valence-electron chi connectivity index (χ4n) is 8.73. The normalized spacial score (nSPS) is 20.2. The van der Waals surface area contributed by atoms with E-state index in [4.69, 9.17) is 19.2 Å². The molecule has 0 aliphatic carbocycles. The highest BCUT2D eigenvalue weighted by Gasteiger charge is 2.39. The van der Waals surface area contributed by atoms with Gasteiger partial charge >= 0.3 is 5.97 Å². The van der Waals surface area contributed by atoms with Crippen molar-refractivity contribution >= 4 is 34.6 Å². The predicted octanol–water partition coefficient (Wildman–Crippen LogP) is 5.33. The quantitative estimate of drug-likeness (QED) is 0.141. The maximum Gasteiger partial charge on any atom is 0.324 e. The van der Waals surface area contributed by atoms with Crippen molar-refractivity contribution in [2.75, 3.05) is 33.4 Å². The first-order valence-electron chi connectivity index (χ1n) is 21.2. The Labute approximate surface area is 357 Å². The van der Waals surface area contributed by atoms with Crippen LogP contribution in [0.5, 0.6) is 5.75 Å². The molecule has 14 heteroatoms. The Balaban J connectivity index is 1.31. The number of aromatic hydroxyl groups is 1. The van der Waals surface area contributed by atoms with Crippen LogP contribution in [-0.2, 0) is 59.4 Å². The molecule has 5 heterocycles. The van der Waals surface area contributed by atoms with Crippen LogP contribution < -0.4 is 10.7 Å². The number of nitrogens with zero attached hydrogens (tertiary/aromatic N) is 4. The molecule has 7 rings (SSSR count). The highest BCUT2D eigenvalue weighted by molar-refractivity contribution is 5.96. The average Bonchev–Trinajstić information content (AvgIpc) is 3.52. The number of aromatic nitrogens is 2. The molecule has 3 aliphatic heterocycles. The van der Waals surface area contributed by atoms with Gasteiger partial charge in [0.2, 0.25) is 11.8 Å². The van der Waals surface area contributed by atoms with Crippen molar-refractivity contribution in [2.45, 2.75) is 97.7 Å². The minimum atomic E-state index is -1.09. The van der Waals surface area contributed by atoms with Crippen LogP contribution in [0.3, 0.4) is 0 Å². The van der Waals surface area contributed by atoms with Gasteiger partial charge in [0.1, 0.15) is 23.9 Å². The molecule has 3 N–H and O–H groups in total. The van der Waals surface area contributed by atoms with Crippen LogP contribution >= 0.6 is 0 Å². The van der Waals surface area contributed by atoms with E-state index in [9.17, 15) is 24.3 Å². The summed E-state index contributed by atoms with van der Waals surface area (Å²) in [6, 6.07) is 13.6. The van der Waals surface area contributed by atoms with E-state index in [-0.39, 0.29) is 36.7 Å². The summed E-state index contributed by atoms with van der Waals surface area (Å²) in [5.74, 6) is -1.82. The van der Waals surface area contributed by atoms with E-state index in [2.05, 4.69) is 60.9 Å². The van der Waals surface area contributed by atoms with E-state index in [1.165, 1.54) is 11.1 Å². The lowest BCUT2D eigenvalue weighted by Crippen LogP contribution is -2.62. The number of cyclic esters (lactones) is 1. The molecule has 2 saturated heterocycles. The Morgan fingerprint density at radius 1 is 1.13 bits per heavy atom. The molecule has 3 atom stereocenters. The van der Waals surface area contributed by atoms with E-state index in [0.29, 0.717) is 57.6 Å². The van der Waals surface area contributed by atoms with Crippen LogP contribution in [0.4, 0.5) is 0 Å². The van der Waals surface area contributed by atoms with Gasteiger partial charge in [-0.15, -0.1) is 0 Å². The van der Waals surface area contributed by atoms with Gasteiger partial charge in [-0.25, -0.2) is 5.43 Å². The predicted molar refractivity (Wildman–Crippen MR) is 231 cm³/mol. The zero-order valence-electron chi connectivity index (χ0n) is 36.0. The first-order chi connectivity index (χ1) is 29.2. The van der Waals surface area contributed by atoms with Crippen LogP contribution in [0.1, 0.15) is 64.3 Å². The second-order valence-corrected chi connectivity index (χ2v) is 17.5. The minimum Gasteiger partial charge on any atom is -0.508 e. The molecule has 2 fully saturated rings. The second kappa shape index (κ2) is 18.2. The van der Waals surface area contributed by atoms with Gasteiger partial charge in [-0.2, -0.15) is 0 Å². The van der Waals surface area contributed by atoms with Gasteiger partial charge in [0.15, 0.2) is 0 Å². The average molecular weight is 835 g/mol. The molecule has 3 aliphatic rings. The molecule has 3 amide bonds. The van der Waals surface area contributed by atoms with Gasteiger partial charge in [0.25, 0.3) is 5.91 Å². The number of carbonyl (C=O) groups is 4. The van der Waals surface area contributed by atoms with Crippen LogP contribution in [0.15, 0.2) is 67.4 Å². The molecule has 0 spiro atoms. The van der Waals surface area contributed by atoms with Gasteiger partial charge < -0.3 is 34.1 Å². The van der Waals surface area contributed by atoms with Gasteiger partial charge in [-0.1, -0.05) is 46.4 Å². The molecule has 0 radical (unpaired) electrons. The molecule has 324 valence electrons. The van der Waals surface area contributed by atoms with Gasteiger partial charge in [0, 0.05) is 67.8 Å². The summed E-state index contributed by atoms with van der Waals surface area (Å²) in [6.45, 7) is 15.6. The third kappa shape index (κ3) is 9.36. The number of nitrogens with one attached hydrogen (secondary N) is 2. The fourth-order valence-corrected chi connectivity index (χ4v) is 8.73. The Bertz CT molecular complexity index is 2310. The number of hydrogen-bond acceptors (Lipinski definition) is 10. The molecule has 0 saturated carbocycles. The first kappa shape index (κ1) is 43.5. The van der Waals surface area contributed by atoms with E-state index in [0.717, 1.165) is 44.5 Å². The summed E-state index contributed by atoms with van der Waals surface area (Å²) in [5, 5.41) is 16.6. The first-order valence-corrected chi connectivity index (χ1v) is 21.2. The highest BCUT2D eigenvalue weighted by atomic mass is 16.5.